The maximum Gasteiger partial charge on any atom is 0.193 e. The number of hydrogen-bond acceptors (Lipinski definition) is 3. The molecule has 0 amide bonds. The first-order valence-corrected chi connectivity index (χ1v) is 9.19. The largest absolute Gasteiger partial charge is 0.378 e. The topological polar surface area (TPSA) is 54.2 Å². The molecule has 1 saturated heterocycles. The molecule has 1 N–H and O–H groups in total. The van der Waals surface area contributed by atoms with E-state index in [0.717, 1.165) is 54.3 Å². The van der Waals surface area contributed by atoms with Crippen molar-refractivity contribution in [3.05, 3.63) is 34.7 Å². The van der Waals surface area contributed by atoms with Gasteiger partial charge in [0.2, 0.25) is 0 Å². The van der Waals surface area contributed by atoms with Crippen LogP contribution in [0.5, 0.6) is 0 Å². The van der Waals surface area contributed by atoms with E-state index < -0.39 is 0 Å². The number of likely N-dealkylation sites (tertiary alicyclic amines) is 1. The summed E-state index contributed by atoms with van der Waals surface area (Å²) in [5.74, 6) is 0.934. The fourth-order valence-corrected chi connectivity index (χ4v) is 3.43. The highest BCUT2D eigenvalue weighted by Gasteiger charge is 2.21. The maximum atomic E-state index is 5.71. The Bertz CT molecular complexity index is 706. The van der Waals surface area contributed by atoms with Gasteiger partial charge >= 0.3 is 0 Å². The average molecular weight is 394 g/mol. The predicted octanol–water partition coefficient (Wildman–Crippen LogP) is 2.67. The lowest BCUT2D eigenvalue weighted by Crippen LogP contribution is -2.46. The van der Waals surface area contributed by atoms with Crippen LogP contribution in [-0.4, -0.2) is 53.1 Å². The Morgan fingerprint density at radius 3 is 2.88 bits per heavy atom. The van der Waals surface area contributed by atoms with Crippen LogP contribution in [0.4, 0.5) is 0 Å². The molecule has 130 valence electrons. The van der Waals surface area contributed by atoms with Gasteiger partial charge in [0.1, 0.15) is 5.65 Å². The highest BCUT2D eigenvalue weighted by molar-refractivity contribution is 9.10. The molecule has 0 bridgehead atoms. The van der Waals surface area contributed by atoms with E-state index in [1.807, 2.05) is 36.0 Å². The summed E-state index contributed by atoms with van der Waals surface area (Å²) in [6.07, 6.45) is 6.55. The quantitative estimate of drug-likeness (QED) is 0.640. The van der Waals surface area contributed by atoms with E-state index in [1.165, 1.54) is 0 Å². The molecule has 1 fully saturated rings. The van der Waals surface area contributed by atoms with Crippen molar-refractivity contribution in [2.24, 2.45) is 4.99 Å². The van der Waals surface area contributed by atoms with Gasteiger partial charge in [0, 0.05) is 43.6 Å². The summed E-state index contributed by atoms with van der Waals surface area (Å²) >= 11 is 3.48. The molecule has 1 aliphatic heterocycles. The Morgan fingerprint density at radius 1 is 1.38 bits per heavy atom. The molecule has 7 heteroatoms. The van der Waals surface area contributed by atoms with Gasteiger partial charge in [-0.05, 0) is 47.8 Å². The standard InChI is InChI=1S/C17H24BrN5O/c1-3-24-15-6-8-22(9-7-15)17(19-2)20-10-14-12-23-11-13(18)4-5-16(23)21-14/h4-5,11-12,15H,3,6-10H2,1-2H3,(H,19,20). The van der Waals surface area contributed by atoms with Gasteiger partial charge in [-0.1, -0.05) is 0 Å². The summed E-state index contributed by atoms with van der Waals surface area (Å²) in [7, 11) is 1.83. The van der Waals surface area contributed by atoms with E-state index in [9.17, 15) is 0 Å². The minimum absolute atomic E-state index is 0.390. The van der Waals surface area contributed by atoms with Crippen LogP contribution in [0, 0.1) is 0 Å². The molecule has 2 aromatic heterocycles. The van der Waals surface area contributed by atoms with Gasteiger partial charge in [-0.2, -0.15) is 0 Å². The number of pyridine rings is 1. The molecular weight excluding hydrogens is 370 g/mol. The van der Waals surface area contributed by atoms with E-state index in [1.54, 1.807) is 0 Å². The summed E-state index contributed by atoms with van der Waals surface area (Å²) in [5, 5.41) is 3.43. The number of fused-ring (bicyclic) bond motifs is 1. The molecule has 24 heavy (non-hydrogen) atoms. The monoisotopic (exact) mass is 393 g/mol. The number of imidazole rings is 1. The van der Waals surface area contributed by atoms with Gasteiger partial charge in [-0.3, -0.25) is 4.99 Å². The minimum atomic E-state index is 0.390. The van der Waals surface area contributed by atoms with E-state index in [0.29, 0.717) is 12.6 Å². The molecular formula is C17H24BrN5O. The van der Waals surface area contributed by atoms with Crippen LogP contribution in [-0.2, 0) is 11.3 Å². The molecule has 2 aromatic rings. The molecule has 0 unspecified atom stereocenters. The third kappa shape index (κ3) is 4.08. The molecule has 0 atom stereocenters. The van der Waals surface area contributed by atoms with Gasteiger partial charge in [0.15, 0.2) is 5.96 Å². The van der Waals surface area contributed by atoms with Crippen LogP contribution >= 0.6 is 15.9 Å². The van der Waals surface area contributed by atoms with E-state index in [-0.39, 0.29) is 0 Å². The van der Waals surface area contributed by atoms with Gasteiger partial charge in [0.05, 0.1) is 18.3 Å². The lowest BCUT2D eigenvalue weighted by molar-refractivity contribution is 0.0263. The highest BCUT2D eigenvalue weighted by atomic mass is 79.9. The summed E-state index contributed by atoms with van der Waals surface area (Å²) in [6, 6.07) is 4.00. The maximum absolute atomic E-state index is 5.71. The second kappa shape index (κ2) is 7.98. The Kier molecular flexibility index (Phi) is 5.73. The Hall–Kier alpha value is -1.60. The normalized spacial score (nSPS) is 16.8. The number of piperidine rings is 1. The zero-order valence-corrected chi connectivity index (χ0v) is 15.8. The fourth-order valence-electron chi connectivity index (χ4n) is 3.07. The molecule has 0 aliphatic carbocycles. The SMILES string of the molecule is CCOC1CCN(C(=NC)NCc2cn3cc(Br)ccc3n2)CC1. The fraction of sp³-hybridized carbons (Fsp3) is 0.529. The zero-order valence-electron chi connectivity index (χ0n) is 14.2. The second-order valence-corrected chi connectivity index (χ2v) is 6.80. The first kappa shape index (κ1) is 17.2. The van der Waals surface area contributed by atoms with Crippen molar-refractivity contribution in [3.63, 3.8) is 0 Å². The summed E-state index contributed by atoms with van der Waals surface area (Å²) in [6.45, 7) is 5.46. The number of ether oxygens (including phenoxy) is 1. The van der Waals surface area contributed by atoms with Gasteiger partial charge in [0.25, 0.3) is 0 Å². The van der Waals surface area contributed by atoms with Crippen LogP contribution in [0.2, 0.25) is 0 Å². The first-order valence-electron chi connectivity index (χ1n) is 8.40. The summed E-state index contributed by atoms with van der Waals surface area (Å²) in [4.78, 5) is 11.3. The van der Waals surface area contributed by atoms with Crippen molar-refractivity contribution >= 4 is 27.5 Å². The number of aromatic nitrogens is 2. The van der Waals surface area contributed by atoms with Gasteiger partial charge in [-0.25, -0.2) is 4.98 Å². The third-order valence-electron chi connectivity index (χ3n) is 4.25. The highest BCUT2D eigenvalue weighted by Crippen LogP contribution is 2.15. The Balaban J connectivity index is 1.57. The van der Waals surface area contributed by atoms with E-state index in [2.05, 4.69) is 43.0 Å². The van der Waals surface area contributed by atoms with Crippen LogP contribution in [0.25, 0.3) is 5.65 Å². The molecule has 1 aliphatic rings. The summed E-state index contributed by atoms with van der Waals surface area (Å²) < 4.78 is 8.78. The molecule has 0 aromatic carbocycles. The number of hydrogen-bond donors (Lipinski definition) is 1. The molecule has 6 nitrogen and oxygen atoms in total. The number of nitrogens with one attached hydrogen (secondary N) is 1. The molecule has 0 spiro atoms. The van der Waals surface area contributed by atoms with Gasteiger partial charge < -0.3 is 19.4 Å². The van der Waals surface area contributed by atoms with Crippen LogP contribution in [0.3, 0.4) is 0 Å². The Labute approximate surface area is 151 Å². The van der Waals surface area contributed by atoms with Crippen molar-refractivity contribution in [2.75, 3.05) is 26.7 Å². The summed E-state index contributed by atoms with van der Waals surface area (Å²) in [5.41, 5.74) is 1.95. The van der Waals surface area contributed by atoms with Crippen molar-refractivity contribution in [1.29, 1.82) is 0 Å². The van der Waals surface area contributed by atoms with Crippen molar-refractivity contribution in [1.82, 2.24) is 19.6 Å². The lowest BCUT2D eigenvalue weighted by atomic mass is 10.1. The molecule has 3 rings (SSSR count). The number of nitrogens with zero attached hydrogens (tertiary/aromatic N) is 4. The molecule has 3 heterocycles. The van der Waals surface area contributed by atoms with Gasteiger partial charge in [-0.15, -0.1) is 0 Å². The van der Waals surface area contributed by atoms with Crippen molar-refractivity contribution < 1.29 is 4.74 Å². The number of aliphatic imine (C=N–C) groups is 1. The van der Waals surface area contributed by atoms with Crippen molar-refractivity contribution in [3.8, 4) is 0 Å². The predicted molar refractivity (Wildman–Crippen MR) is 99.3 cm³/mol. The van der Waals surface area contributed by atoms with Crippen LogP contribution in [0.15, 0.2) is 34.0 Å². The minimum Gasteiger partial charge on any atom is -0.378 e. The lowest BCUT2D eigenvalue weighted by Gasteiger charge is -2.33. The van der Waals surface area contributed by atoms with Crippen LogP contribution in [0.1, 0.15) is 25.5 Å². The van der Waals surface area contributed by atoms with Crippen LogP contribution < -0.4 is 5.32 Å². The molecule has 0 saturated carbocycles. The third-order valence-corrected chi connectivity index (χ3v) is 4.72. The Morgan fingerprint density at radius 2 is 2.17 bits per heavy atom. The zero-order chi connectivity index (χ0) is 16.9. The van der Waals surface area contributed by atoms with E-state index in [4.69, 9.17) is 4.74 Å². The van der Waals surface area contributed by atoms with E-state index >= 15 is 0 Å². The first-order chi connectivity index (χ1) is 11.7. The number of guanidine groups is 1. The van der Waals surface area contributed by atoms with Crippen molar-refractivity contribution in [2.45, 2.75) is 32.4 Å². The average Bonchev–Trinajstić information content (AvgIpc) is 2.99. The second-order valence-electron chi connectivity index (χ2n) is 5.89. The number of rotatable bonds is 4. The molecule has 0 radical (unpaired) electrons. The number of halogens is 1. The smallest absolute Gasteiger partial charge is 0.193 e.